The molecule has 0 aliphatic carbocycles. The number of nitrogens with zero attached hydrogens (tertiary/aromatic N) is 4. The minimum absolute atomic E-state index is 0.147. The van der Waals surface area contributed by atoms with E-state index < -0.39 is 11.9 Å². The van der Waals surface area contributed by atoms with Gasteiger partial charge in [0.15, 0.2) is 5.69 Å². The van der Waals surface area contributed by atoms with Crippen molar-refractivity contribution < 1.29 is 19.4 Å². The van der Waals surface area contributed by atoms with Crippen LogP contribution < -0.4 is 5.32 Å². The van der Waals surface area contributed by atoms with Crippen molar-refractivity contribution >= 4 is 11.9 Å². The monoisotopic (exact) mass is 283 g/mol. The van der Waals surface area contributed by atoms with Crippen LogP contribution in [0.15, 0.2) is 6.20 Å². The van der Waals surface area contributed by atoms with Crippen LogP contribution in [-0.4, -0.2) is 76.8 Å². The number of methoxy groups -OCH3 is 1. The second-order valence-corrected chi connectivity index (χ2v) is 4.51. The van der Waals surface area contributed by atoms with Crippen molar-refractivity contribution in [2.75, 3.05) is 39.9 Å². The predicted molar refractivity (Wildman–Crippen MR) is 67.3 cm³/mol. The topological polar surface area (TPSA) is 110 Å². The minimum Gasteiger partial charge on any atom is -0.480 e. The molecule has 0 radical (unpaired) electrons. The fourth-order valence-electron chi connectivity index (χ4n) is 1.79. The average molecular weight is 283 g/mol. The smallest absolute Gasteiger partial charge is 0.323 e. The Labute approximate surface area is 115 Å². The molecule has 1 aromatic rings. The Bertz CT molecular complexity index is 485. The van der Waals surface area contributed by atoms with E-state index in [9.17, 15) is 9.59 Å². The molecular formula is C11H17N5O4. The van der Waals surface area contributed by atoms with E-state index >= 15 is 0 Å². The summed E-state index contributed by atoms with van der Waals surface area (Å²) in [5, 5.41) is 19.6. The number of rotatable bonds is 7. The van der Waals surface area contributed by atoms with Crippen LogP contribution in [0.5, 0.6) is 0 Å². The maximum atomic E-state index is 12.2. The fourth-order valence-corrected chi connectivity index (χ4v) is 1.79. The first-order chi connectivity index (χ1) is 9.61. The minimum atomic E-state index is -1.08. The van der Waals surface area contributed by atoms with E-state index in [0.717, 1.165) is 13.1 Å². The van der Waals surface area contributed by atoms with E-state index in [0.29, 0.717) is 0 Å². The van der Waals surface area contributed by atoms with E-state index in [4.69, 9.17) is 9.84 Å². The number of aliphatic carboxylic acids is 1. The summed E-state index contributed by atoms with van der Waals surface area (Å²) < 4.78 is 6.50. The van der Waals surface area contributed by atoms with Gasteiger partial charge in [-0.25, -0.2) is 4.68 Å². The second-order valence-electron chi connectivity index (χ2n) is 4.51. The van der Waals surface area contributed by atoms with Crippen molar-refractivity contribution in [3.05, 3.63) is 11.9 Å². The molecule has 9 nitrogen and oxygen atoms in total. The van der Waals surface area contributed by atoms with Crippen LogP contribution in [0.2, 0.25) is 0 Å². The Morgan fingerprint density at radius 2 is 2.35 bits per heavy atom. The molecule has 9 heteroatoms. The summed E-state index contributed by atoms with van der Waals surface area (Å²) in [6.45, 7) is 1.65. The van der Waals surface area contributed by atoms with Gasteiger partial charge in [-0.1, -0.05) is 5.21 Å². The lowest BCUT2D eigenvalue weighted by Crippen LogP contribution is -2.43. The van der Waals surface area contributed by atoms with Gasteiger partial charge in [0.05, 0.1) is 18.8 Å². The van der Waals surface area contributed by atoms with E-state index in [1.54, 1.807) is 10.9 Å². The molecule has 1 aromatic heterocycles. The number of aromatic nitrogens is 3. The van der Waals surface area contributed by atoms with Crippen LogP contribution in [0, 0.1) is 0 Å². The third-order valence-electron chi connectivity index (χ3n) is 3.04. The lowest BCUT2D eigenvalue weighted by Gasteiger charge is -2.26. The highest BCUT2D eigenvalue weighted by Crippen LogP contribution is 2.11. The maximum Gasteiger partial charge on any atom is 0.323 e. The van der Waals surface area contributed by atoms with Gasteiger partial charge in [-0.3, -0.25) is 9.59 Å². The van der Waals surface area contributed by atoms with Gasteiger partial charge in [0.2, 0.25) is 0 Å². The first kappa shape index (κ1) is 14.4. The van der Waals surface area contributed by atoms with Crippen molar-refractivity contribution in [1.82, 2.24) is 25.2 Å². The Hall–Kier alpha value is -2.00. The Balaban J connectivity index is 2.04. The number of nitrogens with one attached hydrogen (secondary N) is 1. The normalized spacial score (nSPS) is 14.8. The first-order valence-corrected chi connectivity index (χ1v) is 6.24. The summed E-state index contributed by atoms with van der Waals surface area (Å²) in [6, 6.07) is 0.205. The summed E-state index contributed by atoms with van der Waals surface area (Å²) in [5.41, 5.74) is 0.147. The van der Waals surface area contributed by atoms with E-state index in [1.165, 1.54) is 12.0 Å². The third-order valence-corrected chi connectivity index (χ3v) is 3.04. The zero-order chi connectivity index (χ0) is 14.5. The summed E-state index contributed by atoms with van der Waals surface area (Å²) in [7, 11) is 1.49. The molecule has 0 aromatic carbocycles. The van der Waals surface area contributed by atoms with E-state index in [1.807, 2.05) is 0 Å². The van der Waals surface area contributed by atoms with Gasteiger partial charge in [-0.2, -0.15) is 0 Å². The molecule has 1 saturated heterocycles. The van der Waals surface area contributed by atoms with Crippen LogP contribution in [0.4, 0.5) is 0 Å². The van der Waals surface area contributed by atoms with Gasteiger partial charge < -0.3 is 20.1 Å². The molecule has 20 heavy (non-hydrogen) atoms. The standard InChI is InChI=1S/C11H17N5O4/c1-20-3-2-15(7-10(17)18)11(19)9-6-16(14-13-9)8-4-12-5-8/h6,8,12H,2-5,7H2,1H3,(H,17,18). The van der Waals surface area contributed by atoms with Gasteiger partial charge in [-0.05, 0) is 0 Å². The zero-order valence-corrected chi connectivity index (χ0v) is 11.2. The SMILES string of the molecule is COCCN(CC(=O)O)C(=O)c1cn(C2CNC2)nn1. The number of hydrogen-bond acceptors (Lipinski definition) is 6. The summed E-state index contributed by atoms with van der Waals surface area (Å²) in [6.07, 6.45) is 1.55. The van der Waals surface area contributed by atoms with E-state index in [2.05, 4.69) is 15.6 Å². The van der Waals surface area contributed by atoms with Crippen LogP contribution >= 0.6 is 0 Å². The van der Waals surface area contributed by atoms with Gasteiger partial charge in [-0.15, -0.1) is 5.10 Å². The average Bonchev–Trinajstić information content (AvgIpc) is 2.80. The molecule has 0 saturated carbocycles. The molecule has 2 heterocycles. The summed E-state index contributed by atoms with van der Waals surface area (Å²) in [4.78, 5) is 24.2. The third kappa shape index (κ3) is 3.31. The molecule has 1 aliphatic rings. The summed E-state index contributed by atoms with van der Waals surface area (Å²) in [5.74, 6) is -1.53. The van der Waals surface area contributed by atoms with Gasteiger partial charge in [0, 0.05) is 26.7 Å². The molecule has 1 amide bonds. The maximum absolute atomic E-state index is 12.2. The van der Waals surface area contributed by atoms with Crippen LogP contribution in [0.3, 0.4) is 0 Å². The molecule has 2 N–H and O–H groups in total. The Morgan fingerprint density at radius 1 is 1.60 bits per heavy atom. The van der Waals surface area contributed by atoms with Crippen LogP contribution in [0.1, 0.15) is 16.5 Å². The lowest BCUT2D eigenvalue weighted by atomic mass is 10.2. The van der Waals surface area contributed by atoms with Crippen LogP contribution in [-0.2, 0) is 9.53 Å². The number of ether oxygens (including phenoxy) is 1. The number of carbonyl (C=O) groups is 2. The zero-order valence-electron chi connectivity index (χ0n) is 11.2. The van der Waals surface area contributed by atoms with Crippen molar-refractivity contribution in [3.63, 3.8) is 0 Å². The molecule has 2 rings (SSSR count). The predicted octanol–water partition coefficient (Wildman–Crippen LogP) is -1.40. The quantitative estimate of drug-likeness (QED) is 0.633. The number of hydrogen-bond donors (Lipinski definition) is 2. The number of carboxylic acid groups (broad SMARTS) is 1. The van der Waals surface area contributed by atoms with Gasteiger partial charge >= 0.3 is 5.97 Å². The van der Waals surface area contributed by atoms with Crippen LogP contribution in [0.25, 0.3) is 0 Å². The van der Waals surface area contributed by atoms with Crippen molar-refractivity contribution in [2.24, 2.45) is 0 Å². The first-order valence-electron chi connectivity index (χ1n) is 6.24. The Kier molecular flexibility index (Phi) is 4.64. The number of carboxylic acids is 1. The molecule has 0 bridgehead atoms. The highest BCUT2D eigenvalue weighted by atomic mass is 16.5. The molecule has 1 fully saturated rings. The number of carbonyl (C=O) groups excluding carboxylic acids is 1. The fraction of sp³-hybridized carbons (Fsp3) is 0.636. The van der Waals surface area contributed by atoms with E-state index in [-0.39, 0.29) is 31.4 Å². The number of amides is 1. The Morgan fingerprint density at radius 3 is 2.90 bits per heavy atom. The van der Waals surface area contributed by atoms with Crippen molar-refractivity contribution in [3.8, 4) is 0 Å². The largest absolute Gasteiger partial charge is 0.480 e. The van der Waals surface area contributed by atoms with Crippen molar-refractivity contribution in [2.45, 2.75) is 6.04 Å². The molecule has 0 atom stereocenters. The second kappa shape index (κ2) is 6.44. The molecule has 0 unspecified atom stereocenters. The molecule has 110 valence electrons. The van der Waals surface area contributed by atoms with Gasteiger partial charge in [0.25, 0.3) is 5.91 Å². The molecule has 1 aliphatic heterocycles. The molecular weight excluding hydrogens is 266 g/mol. The van der Waals surface area contributed by atoms with Gasteiger partial charge in [0.1, 0.15) is 6.54 Å². The molecule has 0 spiro atoms. The lowest BCUT2D eigenvalue weighted by molar-refractivity contribution is -0.137. The summed E-state index contributed by atoms with van der Waals surface area (Å²) >= 11 is 0. The van der Waals surface area contributed by atoms with Crippen molar-refractivity contribution in [1.29, 1.82) is 0 Å². The highest BCUT2D eigenvalue weighted by molar-refractivity contribution is 5.93. The highest BCUT2D eigenvalue weighted by Gasteiger charge is 2.24.